The summed E-state index contributed by atoms with van der Waals surface area (Å²) in [6.45, 7) is 1.81. The fraction of sp³-hybridized carbons (Fsp3) is 0.200. The van der Waals surface area contributed by atoms with Crippen molar-refractivity contribution in [2.75, 3.05) is 34.8 Å². The van der Waals surface area contributed by atoms with E-state index in [1.807, 2.05) is 6.92 Å². The molecule has 0 heterocycles. The molecule has 14 heteroatoms. The predicted octanol–water partition coefficient (Wildman–Crippen LogP) is 0.528. The first-order valence-corrected chi connectivity index (χ1v) is 13.8. The second-order valence-corrected chi connectivity index (χ2v) is 10.9. The van der Waals surface area contributed by atoms with E-state index in [1.54, 1.807) is 24.3 Å². The maximum atomic E-state index is 12.9. The Labute approximate surface area is 227 Å². The molecule has 1 amide bonds. The number of sulfone groups is 1. The van der Waals surface area contributed by atoms with Crippen LogP contribution in [0.3, 0.4) is 0 Å². The molecule has 0 spiro atoms. The van der Waals surface area contributed by atoms with Gasteiger partial charge < -0.3 is 10.4 Å². The lowest BCUT2D eigenvalue weighted by molar-refractivity contribution is 0.0694. The zero-order chi connectivity index (χ0) is 28.6. The molecule has 3 aromatic rings. The van der Waals surface area contributed by atoms with Crippen molar-refractivity contribution >= 4 is 44.7 Å². The number of aromatic carboxylic acids is 1. The third kappa shape index (κ3) is 8.06. The maximum absolute atomic E-state index is 12.9. The standard InChI is InChI=1S/C25H24ClN5O7S/c1-15-2-6-17(7-3-15)28-30-21-19(25(35)36)14-20(32)22(23(21)33)31-29-18-8-4-16(5-9-18)24(34)27-11-13-39(37,38)12-10-26/h2-9,14,28-29H,10-13H2,1H3,(H,27,34)(H,35,36)/b30-21-,31-22+. The summed E-state index contributed by atoms with van der Waals surface area (Å²) in [6.07, 6.45) is 0. The molecule has 0 aliphatic carbocycles. The van der Waals surface area contributed by atoms with Gasteiger partial charge in [-0.05, 0) is 43.3 Å². The average molecular weight is 574 g/mol. The van der Waals surface area contributed by atoms with Gasteiger partial charge in [-0.25, -0.2) is 13.2 Å². The Morgan fingerprint density at radius 2 is 1.46 bits per heavy atom. The van der Waals surface area contributed by atoms with Gasteiger partial charge >= 0.3 is 5.97 Å². The molecule has 0 bridgehead atoms. The summed E-state index contributed by atoms with van der Waals surface area (Å²) in [5, 5.41) is 18.6. The van der Waals surface area contributed by atoms with E-state index in [2.05, 4.69) is 26.4 Å². The Morgan fingerprint density at radius 3 is 2.03 bits per heavy atom. The smallest absolute Gasteiger partial charge is 0.338 e. The van der Waals surface area contributed by atoms with Crippen LogP contribution in [0, 0.1) is 6.92 Å². The van der Waals surface area contributed by atoms with Crippen LogP contribution in [0.1, 0.15) is 26.3 Å². The third-order valence-electron chi connectivity index (χ3n) is 5.30. The van der Waals surface area contributed by atoms with Gasteiger partial charge in [0.15, 0.2) is 15.2 Å². The Hall–Kier alpha value is -4.36. The van der Waals surface area contributed by atoms with Crippen LogP contribution >= 0.6 is 11.6 Å². The molecule has 0 atom stereocenters. The number of amides is 1. The van der Waals surface area contributed by atoms with Crippen LogP contribution in [0.15, 0.2) is 74.4 Å². The van der Waals surface area contributed by atoms with E-state index >= 15 is 0 Å². The number of carboxylic acid groups (broad SMARTS) is 1. The molecule has 39 heavy (non-hydrogen) atoms. The molecule has 0 aromatic heterocycles. The Kier molecular flexibility index (Phi) is 9.68. The lowest BCUT2D eigenvalue weighted by atomic mass is 10.2. The fourth-order valence-electron chi connectivity index (χ4n) is 3.20. The van der Waals surface area contributed by atoms with Crippen LogP contribution in [0.2, 0.25) is 0 Å². The second-order valence-electron chi connectivity index (χ2n) is 8.24. The number of nitrogens with one attached hydrogen (secondary N) is 3. The number of carboxylic acids is 1. The molecule has 3 rings (SSSR count). The minimum absolute atomic E-state index is 0.0262. The molecule has 0 radical (unpaired) electrons. The van der Waals surface area contributed by atoms with Gasteiger partial charge in [0.1, 0.15) is 5.36 Å². The molecule has 0 unspecified atom stereocenters. The fourth-order valence-corrected chi connectivity index (χ4v) is 4.76. The monoisotopic (exact) mass is 573 g/mol. The van der Waals surface area contributed by atoms with Crippen LogP contribution < -0.4 is 37.7 Å². The lowest BCUT2D eigenvalue weighted by Gasteiger charge is -2.06. The van der Waals surface area contributed by atoms with Crippen molar-refractivity contribution < 1.29 is 23.1 Å². The summed E-state index contributed by atoms with van der Waals surface area (Å²) < 4.78 is 23.4. The van der Waals surface area contributed by atoms with Gasteiger partial charge in [-0.2, -0.15) is 10.2 Å². The molecule has 12 nitrogen and oxygen atoms in total. The first kappa shape index (κ1) is 29.2. The predicted molar refractivity (Wildman–Crippen MR) is 146 cm³/mol. The number of rotatable bonds is 11. The van der Waals surface area contributed by atoms with Crippen molar-refractivity contribution in [1.29, 1.82) is 0 Å². The minimum Gasteiger partial charge on any atom is -0.478 e. The number of nitrogens with zero attached hydrogens (tertiary/aromatic N) is 2. The summed E-state index contributed by atoms with van der Waals surface area (Å²) in [7, 11) is -3.35. The summed E-state index contributed by atoms with van der Waals surface area (Å²) in [4.78, 5) is 49.3. The first-order valence-electron chi connectivity index (χ1n) is 11.4. The van der Waals surface area contributed by atoms with Gasteiger partial charge in [0, 0.05) is 24.1 Å². The minimum atomic E-state index is -3.35. The molecule has 204 valence electrons. The number of aryl methyl sites for hydroxylation is 1. The lowest BCUT2D eigenvalue weighted by Crippen LogP contribution is -2.50. The van der Waals surface area contributed by atoms with Gasteiger partial charge in [0.25, 0.3) is 5.91 Å². The first-order chi connectivity index (χ1) is 18.5. The molecule has 0 saturated carbocycles. The van der Waals surface area contributed by atoms with Crippen molar-refractivity contribution in [3.63, 3.8) is 0 Å². The van der Waals surface area contributed by atoms with Gasteiger partial charge in [-0.15, -0.1) is 11.6 Å². The number of hydrogen-bond acceptors (Lipinski definition) is 10. The van der Waals surface area contributed by atoms with Gasteiger partial charge in [0.2, 0.25) is 10.9 Å². The number of hydrogen-bond donors (Lipinski definition) is 4. The Balaban J connectivity index is 1.80. The van der Waals surface area contributed by atoms with Crippen LogP contribution in [0.4, 0.5) is 11.4 Å². The zero-order valence-corrected chi connectivity index (χ0v) is 22.2. The third-order valence-corrected chi connectivity index (χ3v) is 7.37. The number of anilines is 2. The summed E-state index contributed by atoms with van der Waals surface area (Å²) in [5.74, 6) is -2.45. The Bertz CT molecular complexity index is 1700. The van der Waals surface area contributed by atoms with Gasteiger partial charge in [-0.1, -0.05) is 17.7 Å². The van der Waals surface area contributed by atoms with Crippen molar-refractivity contribution in [3.8, 4) is 0 Å². The highest BCUT2D eigenvalue weighted by atomic mass is 35.5. The largest absolute Gasteiger partial charge is 0.478 e. The van der Waals surface area contributed by atoms with Crippen LogP contribution in [-0.2, 0) is 9.84 Å². The van der Waals surface area contributed by atoms with E-state index < -0.39 is 48.8 Å². The number of alkyl halides is 1. The van der Waals surface area contributed by atoms with Crippen molar-refractivity contribution in [3.05, 3.63) is 102 Å². The van der Waals surface area contributed by atoms with Crippen molar-refractivity contribution in [2.24, 2.45) is 10.2 Å². The van der Waals surface area contributed by atoms with Gasteiger partial charge in [-0.3, -0.25) is 25.2 Å². The van der Waals surface area contributed by atoms with E-state index in [4.69, 9.17) is 11.6 Å². The Morgan fingerprint density at radius 1 is 0.897 bits per heavy atom. The van der Waals surface area contributed by atoms with Crippen LogP contribution in [0.5, 0.6) is 0 Å². The molecule has 4 N–H and O–H groups in total. The average Bonchev–Trinajstić information content (AvgIpc) is 2.88. The second kappa shape index (κ2) is 12.9. The van der Waals surface area contributed by atoms with Crippen LogP contribution in [0.25, 0.3) is 0 Å². The summed E-state index contributed by atoms with van der Waals surface area (Å²) in [6, 6.07) is 13.5. The molecular weight excluding hydrogens is 550 g/mol. The molecule has 0 saturated heterocycles. The van der Waals surface area contributed by atoms with E-state index in [9.17, 15) is 32.7 Å². The molecule has 3 aromatic carbocycles. The highest BCUT2D eigenvalue weighted by molar-refractivity contribution is 7.91. The van der Waals surface area contributed by atoms with Crippen molar-refractivity contribution in [2.45, 2.75) is 6.92 Å². The quantitative estimate of drug-likeness (QED) is 0.188. The SMILES string of the molecule is Cc1ccc(N/N=c2/c(C(=O)O)cc(=O)/c(=N\Nc3ccc(C(=O)NCCS(=O)(=O)CCCl)cc3)c2=O)cc1. The van der Waals surface area contributed by atoms with E-state index in [0.717, 1.165) is 11.6 Å². The van der Waals surface area contributed by atoms with Crippen LogP contribution in [-0.4, -0.2) is 49.3 Å². The van der Waals surface area contributed by atoms with E-state index in [1.165, 1.54) is 24.3 Å². The number of halogens is 1. The molecular formula is C25H24ClN5O7S. The van der Waals surface area contributed by atoms with E-state index in [0.29, 0.717) is 11.4 Å². The number of carbonyl (C=O) groups excluding carboxylic acids is 1. The number of benzene rings is 3. The van der Waals surface area contributed by atoms with Gasteiger partial charge in [0.05, 0.1) is 28.4 Å². The maximum Gasteiger partial charge on any atom is 0.338 e. The topological polar surface area (TPSA) is 183 Å². The zero-order valence-electron chi connectivity index (χ0n) is 20.6. The normalized spacial score (nSPS) is 12.3. The highest BCUT2D eigenvalue weighted by Crippen LogP contribution is 2.09. The molecule has 0 aliphatic heterocycles. The highest BCUT2D eigenvalue weighted by Gasteiger charge is 2.15. The number of carbonyl (C=O) groups is 2. The van der Waals surface area contributed by atoms with Crippen molar-refractivity contribution in [1.82, 2.24) is 5.32 Å². The molecule has 0 aliphatic rings. The molecule has 0 fully saturated rings. The summed E-state index contributed by atoms with van der Waals surface area (Å²) >= 11 is 5.44. The van der Waals surface area contributed by atoms with E-state index in [-0.39, 0.29) is 29.5 Å². The summed E-state index contributed by atoms with van der Waals surface area (Å²) in [5.41, 5.74) is 4.69.